The third-order valence-electron chi connectivity index (χ3n) is 7.05. The molecule has 1 saturated heterocycles. The fourth-order valence-electron chi connectivity index (χ4n) is 5.02. The molecule has 5 rings (SSSR count). The van der Waals surface area contributed by atoms with E-state index >= 15 is 0 Å². The molecule has 10 heteroatoms. The van der Waals surface area contributed by atoms with Gasteiger partial charge in [0.25, 0.3) is 11.8 Å². The van der Waals surface area contributed by atoms with Crippen molar-refractivity contribution >= 4 is 23.4 Å². The lowest BCUT2D eigenvalue weighted by molar-refractivity contribution is -0.130. The van der Waals surface area contributed by atoms with E-state index in [1.807, 2.05) is 22.9 Å². The number of hydrogen-bond donors (Lipinski definition) is 0. The average molecular weight is 493 g/mol. The number of morpholine rings is 1. The molecule has 2 aromatic rings. The zero-order valence-electron chi connectivity index (χ0n) is 20.7. The Morgan fingerprint density at radius 1 is 0.972 bits per heavy atom. The Bertz CT molecular complexity index is 1170. The Kier molecular flexibility index (Phi) is 7.13. The number of aryl methyl sites for hydroxylation is 2. The van der Waals surface area contributed by atoms with Crippen LogP contribution >= 0.6 is 0 Å². The second-order valence-corrected chi connectivity index (χ2v) is 9.43. The van der Waals surface area contributed by atoms with Gasteiger partial charge in [0.1, 0.15) is 5.71 Å². The van der Waals surface area contributed by atoms with Crippen molar-refractivity contribution in [2.45, 2.75) is 45.2 Å². The van der Waals surface area contributed by atoms with Gasteiger partial charge in [-0.15, -0.1) is 0 Å². The van der Waals surface area contributed by atoms with Crippen molar-refractivity contribution in [2.24, 2.45) is 5.10 Å². The number of hydrogen-bond acceptors (Lipinski definition) is 6. The molecule has 1 fully saturated rings. The third kappa shape index (κ3) is 5.04. The van der Waals surface area contributed by atoms with Gasteiger partial charge < -0.3 is 14.5 Å². The van der Waals surface area contributed by atoms with Crippen LogP contribution in [0.25, 0.3) is 0 Å². The van der Waals surface area contributed by atoms with Crippen LogP contribution in [0.15, 0.2) is 35.4 Å². The van der Waals surface area contributed by atoms with E-state index in [1.54, 1.807) is 16.8 Å². The zero-order valence-corrected chi connectivity index (χ0v) is 20.7. The molecular weight excluding hydrogens is 460 g/mol. The summed E-state index contributed by atoms with van der Waals surface area (Å²) in [4.78, 5) is 42.0. The second kappa shape index (κ2) is 10.6. The van der Waals surface area contributed by atoms with Crippen LogP contribution in [0.5, 0.6) is 0 Å². The van der Waals surface area contributed by atoms with Crippen LogP contribution in [-0.4, -0.2) is 87.9 Å². The smallest absolute Gasteiger partial charge is 0.274 e. The summed E-state index contributed by atoms with van der Waals surface area (Å²) in [6.45, 7) is 3.65. The van der Waals surface area contributed by atoms with Crippen LogP contribution in [0.2, 0.25) is 0 Å². The normalized spacial score (nSPS) is 18.2. The maximum Gasteiger partial charge on any atom is 0.274 e. The largest absolute Gasteiger partial charge is 0.378 e. The summed E-state index contributed by atoms with van der Waals surface area (Å²) in [5.41, 5.74) is 3.95. The molecule has 3 aliphatic heterocycles. The molecule has 0 unspecified atom stereocenters. The van der Waals surface area contributed by atoms with E-state index in [0.717, 1.165) is 24.1 Å². The van der Waals surface area contributed by atoms with Gasteiger partial charge in [0.2, 0.25) is 5.91 Å². The molecule has 0 N–H and O–H groups in total. The molecule has 3 aliphatic rings. The summed E-state index contributed by atoms with van der Waals surface area (Å²) >= 11 is 0. The Labute approximate surface area is 210 Å². The molecule has 3 amide bonds. The lowest BCUT2D eigenvalue weighted by Gasteiger charge is -2.30. The summed E-state index contributed by atoms with van der Waals surface area (Å²) in [6, 6.07) is 10.3. The Balaban J connectivity index is 1.37. The highest BCUT2D eigenvalue weighted by Gasteiger charge is 2.34. The molecule has 0 spiro atoms. The topological polar surface area (TPSA) is 100 Å². The SMILES string of the molecule is CN1N=C(C(=O)N2CCc3c(c(C(=O)N4CCOCC4)nn3CCCc3ccccc3)C2)CCC1=O. The standard InChI is InChI=1S/C26H32N6O4/c1-29-23(33)10-9-21(27-29)25(34)31-13-11-22-20(18-31)24(26(35)30-14-16-36-17-15-30)28-32(22)12-5-8-19-6-3-2-4-7-19/h2-4,6-7H,5,8-18H2,1H3. The number of ether oxygens (including phenoxy) is 1. The second-order valence-electron chi connectivity index (χ2n) is 9.43. The van der Waals surface area contributed by atoms with Crippen LogP contribution < -0.4 is 0 Å². The van der Waals surface area contributed by atoms with Crippen LogP contribution in [0.3, 0.4) is 0 Å². The van der Waals surface area contributed by atoms with Gasteiger partial charge in [-0.25, -0.2) is 5.01 Å². The number of rotatable bonds is 6. The number of nitrogens with zero attached hydrogens (tertiary/aromatic N) is 6. The van der Waals surface area contributed by atoms with Gasteiger partial charge in [-0.1, -0.05) is 30.3 Å². The first-order valence-corrected chi connectivity index (χ1v) is 12.6. The van der Waals surface area contributed by atoms with E-state index in [1.165, 1.54) is 10.6 Å². The molecule has 1 aromatic carbocycles. The van der Waals surface area contributed by atoms with Gasteiger partial charge >= 0.3 is 0 Å². The van der Waals surface area contributed by atoms with Gasteiger partial charge in [0, 0.05) is 63.7 Å². The zero-order chi connectivity index (χ0) is 25.1. The van der Waals surface area contributed by atoms with Gasteiger partial charge in [0.15, 0.2) is 5.69 Å². The molecule has 0 atom stereocenters. The average Bonchev–Trinajstić information content (AvgIpc) is 3.28. The van der Waals surface area contributed by atoms with E-state index in [-0.39, 0.29) is 24.1 Å². The van der Waals surface area contributed by atoms with E-state index in [0.29, 0.717) is 70.2 Å². The molecular formula is C26H32N6O4. The maximum absolute atomic E-state index is 13.5. The maximum atomic E-state index is 13.5. The number of amides is 3. The van der Waals surface area contributed by atoms with Gasteiger partial charge in [-0.2, -0.15) is 10.2 Å². The lowest BCUT2D eigenvalue weighted by atomic mass is 10.0. The fraction of sp³-hybridized carbons (Fsp3) is 0.500. The molecule has 190 valence electrons. The number of carbonyl (C=O) groups is 3. The predicted octanol–water partition coefficient (Wildman–Crippen LogP) is 1.48. The molecule has 4 heterocycles. The van der Waals surface area contributed by atoms with E-state index in [2.05, 4.69) is 17.2 Å². The Morgan fingerprint density at radius 3 is 2.50 bits per heavy atom. The van der Waals surface area contributed by atoms with Crippen molar-refractivity contribution in [3.63, 3.8) is 0 Å². The Hall–Kier alpha value is -3.53. The van der Waals surface area contributed by atoms with E-state index in [9.17, 15) is 14.4 Å². The van der Waals surface area contributed by atoms with Crippen LogP contribution in [-0.2, 0) is 40.3 Å². The van der Waals surface area contributed by atoms with Crippen molar-refractivity contribution in [1.29, 1.82) is 0 Å². The highest BCUT2D eigenvalue weighted by atomic mass is 16.5. The molecule has 0 bridgehead atoms. The van der Waals surface area contributed by atoms with Crippen LogP contribution in [0.1, 0.15) is 46.6 Å². The van der Waals surface area contributed by atoms with Crippen molar-refractivity contribution in [1.82, 2.24) is 24.6 Å². The Morgan fingerprint density at radius 2 is 1.75 bits per heavy atom. The first-order valence-electron chi connectivity index (χ1n) is 12.6. The number of carbonyl (C=O) groups excluding carboxylic acids is 3. The first kappa shape index (κ1) is 24.2. The predicted molar refractivity (Wildman–Crippen MR) is 132 cm³/mol. The highest BCUT2D eigenvalue weighted by Crippen LogP contribution is 2.26. The van der Waals surface area contributed by atoms with Gasteiger partial charge in [-0.3, -0.25) is 19.1 Å². The summed E-state index contributed by atoms with van der Waals surface area (Å²) in [5.74, 6) is -0.379. The summed E-state index contributed by atoms with van der Waals surface area (Å²) in [6.07, 6.45) is 3.07. The highest BCUT2D eigenvalue weighted by molar-refractivity contribution is 6.39. The van der Waals surface area contributed by atoms with Crippen molar-refractivity contribution in [3.05, 3.63) is 52.8 Å². The van der Waals surface area contributed by atoms with E-state index in [4.69, 9.17) is 9.84 Å². The lowest BCUT2D eigenvalue weighted by Crippen LogP contribution is -2.44. The van der Waals surface area contributed by atoms with Crippen LogP contribution in [0, 0.1) is 0 Å². The minimum atomic E-state index is -0.179. The molecule has 0 radical (unpaired) electrons. The molecule has 0 saturated carbocycles. The van der Waals surface area contributed by atoms with Crippen molar-refractivity contribution in [2.75, 3.05) is 39.9 Å². The molecule has 0 aliphatic carbocycles. The van der Waals surface area contributed by atoms with Crippen LogP contribution in [0.4, 0.5) is 0 Å². The van der Waals surface area contributed by atoms with Gasteiger partial charge in [0.05, 0.1) is 19.8 Å². The molecule has 1 aromatic heterocycles. The monoisotopic (exact) mass is 492 g/mol. The number of benzene rings is 1. The third-order valence-corrected chi connectivity index (χ3v) is 7.05. The fourth-order valence-corrected chi connectivity index (χ4v) is 5.02. The minimum Gasteiger partial charge on any atom is -0.378 e. The molecule has 10 nitrogen and oxygen atoms in total. The summed E-state index contributed by atoms with van der Waals surface area (Å²) in [7, 11) is 1.57. The number of hydrazone groups is 1. The van der Waals surface area contributed by atoms with Crippen molar-refractivity contribution in [3.8, 4) is 0 Å². The molecule has 36 heavy (non-hydrogen) atoms. The van der Waals surface area contributed by atoms with E-state index < -0.39 is 0 Å². The van der Waals surface area contributed by atoms with Gasteiger partial charge in [-0.05, 0) is 18.4 Å². The minimum absolute atomic E-state index is 0.0948. The number of fused-ring (bicyclic) bond motifs is 1. The van der Waals surface area contributed by atoms with Crippen molar-refractivity contribution < 1.29 is 19.1 Å². The summed E-state index contributed by atoms with van der Waals surface area (Å²) in [5, 5.41) is 10.2. The number of aromatic nitrogens is 2. The quantitative estimate of drug-likeness (QED) is 0.608. The first-order chi connectivity index (χ1) is 17.5. The summed E-state index contributed by atoms with van der Waals surface area (Å²) < 4.78 is 7.39.